The number of ether oxygens (including phenoxy) is 1. The fraction of sp³-hybridized carbons (Fsp3) is 0.160. The molecule has 178 valence electrons. The third-order valence-corrected chi connectivity index (χ3v) is 5.60. The van der Waals surface area contributed by atoms with Crippen LogP contribution in [0.3, 0.4) is 0 Å². The standard InChI is InChI=1S/C25H17F5N4O/c26-19-8-4-7-18(22(19)27)23-32-20-13-31-34(14-21(20)33-23)15-24(35-25(28,29)30)11-9-17(10-12-24)16-5-2-1-3-6-16/h1-11,13-14H,12,15H2. The van der Waals surface area contributed by atoms with E-state index in [1.807, 2.05) is 30.3 Å². The third-order valence-electron chi connectivity index (χ3n) is 5.60. The Labute approximate surface area is 196 Å². The molecule has 1 atom stereocenters. The Bertz CT molecular complexity index is 1400. The molecular formula is C25H17F5N4O. The first kappa shape index (κ1) is 22.9. The Morgan fingerprint density at radius 1 is 0.971 bits per heavy atom. The highest BCUT2D eigenvalue weighted by atomic mass is 19.4. The molecule has 0 amide bonds. The van der Waals surface area contributed by atoms with Crippen LogP contribution in [0.2, 0.25) is 0 Å². The minimum atomic E-state index is -4.88. The summed E-state index contributed by atoms with van der Waals surface area (Å²) in [6, 6.07) is 12.9. The number of hydrogen-bond donors (Lipinski definition) is 0. The van der Waals surface area contributed by atoms with Gasteiger partial charge in [0.1, 0.15) is 17.0 Å². The number of benzene rings is 2. The van der Waals surface area contributed by atoms with Crippen LogP contribution >= 0.6 is 0 Å². The van der Waals surface area contributed by atoms with Crippen molar-refractivity contribution < 1.29 is 26.7 Å². The van der Waals surface area contributed by atoms with Crippen molar-refractivity contribution in [2.45, 2.75) is 24.9 Å². The maximum Gasteiger partial charge on any atom is 0.523 e. The van der Waals surface area contributed by atoms with E-state index in [0.29, 0.717) is 0 Å². The third kappa shape index (κ3) is 4.83. The quantitative estimate of drug-likeness (QED) is 0.324. The van der Waals surface area contributed by atoms with E-state index in [4.69, 9.17) is 0 Å². The van der Waals surface area contributed by atoms with Crippen molar-refractivity contribution in [3.8, 4) is 22.8 Å². The number of halogens is 5. The van der Waals surface area contributed by atoms with Gasteiger partial charge in [-0.3, -0.25) is 9.42 Å². The summed E-state index contributed by atoms with van der Waals surface area (Å²) >= 11 is 0. The Morgan fingerprint density at radius 3 is 2.46 bits per heavy atom. The molecule has 2 aromatic carbocycles. The number of alkyl halides is 3. The second-order valence-electron chi connectivity index (χ2n) is 8.07. The van der Waals surface area contributed by atoms with Crippen molar-refractivity contribution in [2.24, 2.45) is 0 Å². The molecule has 2 heterocycles. The highest BCUT2D eigenvalue weighted by Gasteiger charge is 2.43. The monoisotopic (exact) mass is 484 g/mol. The zero-order chi connectivity index (χ0) is 24.6. The van der Waals surface area contributed by atoms with Gasteiger partial charge in [-0.2, -0.15) is 5.10 Å². The molecule has 5 rings (SSSR count). The van der Waals surface area contributed by atoms with E-state index in [-0.39, 0.29) is 35.7 Å². The minimum absolute atomic E-state index is 0.0492. The predicted molar refractivity (Wildman–Crippen MR) is 118 cm³/mol. The number of fused-ring (bicyclic) bond motifs is 1. The summed E-state index contributed by atoms with van der Waals surface area (Å²) in [6.07, 6.45) is 2.44. The largest absolute Gasteiger partial charge is 0.523 e. The van der Waals surface area contributed by atoms with Crippen LogP contribution in [-0.2, 0) is 11.3 Å². The molecular weight excluding hydrogens is 467 g/mol. The number of allylic oxidation sites excluding steroid dienone is 2. The van der Waals surface area contributed by atoms with E-state index >= 15 is 0 Å². The minimum Gasteiger partial charge on any atom is -0.279 e. The van der Waals surface area contributed by atoms with Crippen LogP contribution in [0.15, 0.2) is 79.2 Å². The normalized spacial score (nSPS) is 18.1. The highest BCUT2D eigenvalue weighted by molar-refractivity contribution is 5.75. The van der Waals surface area contributed by atoms with Crippen LogP contribution in [0.25, 0.3) is 28.3 Å². The lowest BCUT2D eigenvalue weighted by atomic mass is 9.89. The SMILES string of the molecule is Fc1cccc(-c2nc3cnn(CC4(OC(F)(F)F)C=CC(c5ccccc5)=CC4)cc-3n2)c1F. The van der Waals surface area contributed by atoms with Gasteiger partial charge in [-0.05, 0) is 29.3 Å². The Kier molecular flexibility index (Phi) is 5.68. The molecule has 10 heteroatoms. The van der Waals surface area contributed by atoms with Crippen molar-refractivity contribution in [3.63, 3.8) is 0 Å². The second kappa shape index (κ2) is 8.70. The van der Waals surface area contributed by atoms with E-state index in [1.54, 1.807) is 12.2 Å². The molecule has 2 aromatic rings. The van der Waals surface area contributed by atoms with Crippen molar-refractivity contribution >= 4 is 5.57 Å². The Hall–Kier alpha value is -3.92. The maximum absolute atomic E-state index is 14.2. The summed E-state index contributed by atoms with van der Waals surface area (Å²) in [7, 11) is 0. The van der Waals surface area contributed by atoms with Gasteiger partial charge >= 0.3 is 6.36 Å². The van der Waals surface area contributed by atoms with E-state index < -0.39 is 23.6 Å². The van der Waals surface area contributed by atoms with Gasteiger partial charge in [-0.25, -0.2) is 18.7 Å². The lowest BCUT2D eigenvalue weighted by molar-refractivity contribution is -0.360. The van der Waals surface area contributed by atoms with Crippen molar-refractivity contribution in [1.82, 2.24) is 19.7 Å². The first-order chi connectivity index (χ1) is 16.7. The summed E-state index contributed by atoms with van der Waals surface area (Å²) in [4.78, 5) is 8.38. The molecule has 0 saturated carbocycles. The van der Waals surface area contributed by atoms with Crippen LogP contribution < -0.4 is 0 Å². The van der Waals surface area contributed by atoms with Gasteiger partial charge in [0.05, 0.1) is 24.5 Å². The molecule has 1 unspecified atom stereocenters. The van der Waals surface area contributed by atoms with E-state index in [1.165, 1.54) is 35.3 Å². The summed E-state index contributed by atoms with van der Waals surface area (Å²) in [5, 5.41) is 4.14. The first-order valence-corrected chi connectivity index (χ1v) is 10.6. The second-order valence-corrected chi connectivity index (χ2v) is 8.07. The zero-order valence-corrected chi connectivity index (χ0v) is 18.0. The van der Waals surface area contributed by atoms with Crippen LogP contribution in [-0.4, -0.2) is 31.7 Å². The van der Waals surface area contributed by atoms with E-state index in [2.05, 4.69) is 19.8 Å². The summed E-state index contributed by atoms with van der Waals surface area (Å²) < 4.78 is 73.5. The van der Waals surface area contributed by atoms with Gasteiger partial charge in [0.25, 0.3) is 0 Å². The molecule has 0 spiro atoms. The Morgan fingerprint density at radius 2 is 1.74 bits per heavy atom. The molecule has 3 aliphatic rings. The smallest absolute Gasteiger partial charge is 0.279 e. The van der Waals surface area contributed by atoms with Gasteiger partial charge in [0.2, 0.25) is 0 Å². The highest BCUT2D eigenvalue weighted by Crippen LogP contribution is 2.36. The zero-order valence-electron chi connectivity index (χ0n) is 18.0. The molecule has 1 aliphatic carbocycles. The van der Waals surface area contributed by atoms with Gasteiger partial charge in [0.15, 0.2) is 17.5 Å². The molecule has 0 fully saturated rings. The molecule has 0 radical (unpaired) electrons. The first-order valence-electron chi connectivity index (χ1n) is 10.6. The fourth-order valence-corrected chi connectivity index (χ4v) is 3.98. The molecule has 2 aliphatic heterocycles. The van der Waals surface area contributed by atoms with E-state index in [0.717, 1.165) is 17.2 Å². The van der Waals surface area contributed by atoms with Crippen LogP contribution in [0.5, 0.6) is 0 Å². The molecule has 0 bridgehead atoms. The van der Waals surface area contributed by atoms with Gasteiger partial charge < -0.3 is 0 Å². The number of nitrogens with zero attached hydrogens (tertiary/aromatic N) is 4. The number of aromatic nitrogens is 4. The predicted octanol–water partition coefficient (Wildman–Crippen LogP) is 6.04. The summed E-state index contributed by atoms with van der Waals surface area (Å²) in [5.41, 5.74) is 0.347. The average Bonchev–Trinajstić information content (AvgIpc) is 3.24. The van der Waals surface area contributed by atoms with Crippen molar-refractivity contribution in [1.29, 1.82) is 0 Å². The molecule has 0 saturated heterocycles. The van der Waals surface area contributed by atoms with Crippen molar-refractivity contribution in [3.05, 3.63) is 96.4 Å². The summed E-state index contributed by atoms with van der Waals surface area (Å²) in [6.45, 7) is -0.270. The van der Waals surface area contributed by atoms with Crippen LogP contribution in [0.4, 0.5) is 22.0 Å². The average molecular weight is 484 g/mol. The van der Waals surface area contributed by atoms with Gasteiger partial charge in [-0.15, -0.1) is 13.2 Å². The molecule has 5 nitrogen and oxygen atoms in total. The van der Waals surface area contributed by atoms with Gasteiger partial charge in [-0.1, -0.05) is 48.6 Å². The van der Waals surface area contributed by atoms with Crippen LogP contribution in [0, 0.1) is 11.6 Å². The Balaban J connectivity index is 1.45. The lowest BCUT2D eigenvalue weighted by Gasteiger charge is -2.33. The van der Waals surface area contributed by atoms with Crippen molar-refractivity contribution in [2.75, 3.05) is 0 Å². The lowest BCUT2D eigenvalue weighted by Crippen LogP contribution is -2.41. The number of imidazole rings is 1. The fourth-order valence-electron chi connectivity index (χ4n) is 3.98. The topological polar surface area (TPSA) is 52.8 Å². The maximum atomic E-state index is 14.2. The molecule has 0 N–H and O–H groups in total. The van der Waals surface area contributed by atoms with Gasteiger partial charge in [0, 0.05) is 6.42 Å². The molecule has 0 aromatic heterocycles. The summed E-state index contributed by atoms with van der Waals surface area (Å²) in [5.74, 6) is -2.18. The number of rotatable bonds is 5. The van der Waals surface area contributed by atoms with E-state index in [9.17, 15) is 22.0 Å². The number of hydrogen-bond acceptors (Lipinski definition) is 4. The van der Waals surface area contributed by atoms with Crippen LogP contribution in [0.1, 0.15) is 12.0 Å². The molecule has 35 heavy (non-hydrogen) atoms.